The smallest absolute Gasteiger partial charge is 0.306 e. The van der Waals surface area contributed by atoms with Gasteiger partial charge < -0.3 is 10.1 Å². The van der Waals surface area contributed by atoms with Gasteiger partial charge in [0.1, 0.15) is 0 Å². The molecule has 150 valence electrons. The summed E-state index contributed by atoms with van der Waals surface area (Å²) in [6.07, 6.45) is 0.232. The highest BCUT2D eigenvalue weighted by Crippen LogP contribution is 2.23. The third kappa shape index (κ3) is 4.81. The van der Waals surface area contributed by atoms with Gasteiger partial charge in [0.15, 0.2) is 6.61 Å². The van der Waals surface area contributed by atoms with Crippen molar-refractivity contribution in [3.05, 3.63) is 64.2 Å². The molecule has 0 bridgehead atoms. The lowest BCUT2D eigenvalue weighted by Crippen LogP contribution is -2.31. The van der Waals surface area contributed by atoms with Gasteiger partial charge in [-0.15, -0.1) is 0 Å². The number of rotatable bonds is 7. The zero-order valence-electron chi connectivity index (χ0n) is 15.7. The molecule has 2 aromatic carbocycles. The largest absolute Gasteiger partial charge is 0.456 e. The predicted molar refractivity (Wildman–Crippen MR) is 107 cm³/mol. The molecule has 0 aromatic heterocycles. The van der Waals surface area contributed by atoms with Crippen LogP contribution in [0, 0.1) is 6.92 Å². The normalized spacial score (nSPS) is 12.7. The van der Waals surface area contributed by atoms with Gasteiger partial charge in [-0.1, -0.05) is 29.8 Å². The Morgan fingerprint density at radius 2 is 1.72 bits per heavy atom. The monoisotopic (exact) mass is 414 g/mol. The first-order valence-electron chi connectivity index (χ1n) is 9.03. The van der Waals surface area contributed by atoms with Crippen LogP contribution in [-0.2, 0) is 14.3 Å². The molecule has 0 atom stereocenters. The average Bonchev–Trinajstić information content (AvgIpc) is 2.94. The van der Waals surface area contributed by atoms with Gasteiger partial charge in [0.05, 0.1) is 11.1 Å². The van der Waals surface area contributed by atoms with Crippen molar-refractivity contribution in [1.82, 2.24) is 4.90 Å². The van der Waals surface area contributed by atoms with E-state index in [0.717, 1.165) is 10.5 Å². The van der Waals surface area contributed by atoms with E-state index in [1.54, 1.807) is 42.5 Å². The zero-order chi connectivity index (χ0) is 21.0. The van der Waals surface area contributed by atoms with Crippen molar-refractivity contribution in [2.45, 2.75) is 19.8 Å². The van der Waals surface area contributed by atoms with Crippen LogP contribution < -0.4 is 5.32 Å². The minimum atomic E-state index is -0.584. The first-order valence-corrected chi connectivity index (χ1v) is 9.41. The van der Waals surface area contributed by atoms with Gasteiger partial charge in [0.25, 0.3) is 17.7 Å². The van der Waals surface area contributed by atoms with Crippen molar-refractivity contribution in [3.8, 4) is 0 Å². The van der Waals surface area contributed by atoms with Gasteiger partial charge >= 0.3 is 5.97 Å². The maximum atomic E-state index is 12.2. The number of nitrogens with one attached hydrogen (secondary N) is 1. The van der Waals surface area contributed by atoms with Crippen LogP contribution in [0.1, 0.15) is 39.1 Å². The van der Waals surface area contributed by atoms with Crippen LogP contribution in [0.3, 0.4) is 0 Å². The van der Waals surface area contributed by atoms with Gasteiger partial charge in [0, 0.05) is 23.7 Å². The SMILES string of the molecule is Cc1ccc(Cl)cc1NC(=O)COC(=O)CCCN1C(=O)c2ccccc2C1=O. The Balaban J connectivity index is 1.42. The van der Waals surface area contributed by atoms with Crippen LogP contribution in [0.15, 0.2) is 42.5 Å². The third-order valence-electron chi connectivity index (χ3n) is 4.48. The van der Waals surface area contributed by atoms with Gasteiger partial charge in [-0.2, -0.15) is 0 Å². The Labute approximate surface area is 172 Å². The van der Waals surface area contributed by atoms with Crippen LogP contribution in [0.5, 0.6) is 0 Å². The van der Waals surface area contributed by atoms with E-state index >= 15 is 0 Å². The van der Waals surface area contributed by atoms with Gasteiger partial charge in [0.2, 0.25) is 0 Å². The standard InChI is InChI=1S/C21H19ClN2O5/c1-13-8-9-14(22)11-17(13)23-18(25)12-29-19(26)7-4-10-24-20(27)15-5-2-3-6-16(15)21(24)28/h2-3,5-6,8-9,11H,4,7,10,12H2,1H3,(H,23,25). The fourth-order valence-electron chi connectivity index (χ4n) is 2.96. The van der Waals surface area contributed by atoms with Crippen molar-refractivity contribution in [2.75, 3.05) is 18.5 Å². The zero-order valence-corrected chi connectivity index (χ0v) is 16.5. The van der Waals surface area contributed by atoms with Crippen molar-refractivity contribution >= 4 is 41.0 Å². The van der Waals surface area contributed by atoms with Crippen molar-refractivity contribution in [3.63, 3.8) is 0 Å². The second-order valence-electron chi connectivity index (χ2n) is 6.58. The number of imide groups is 1. The number of amides is 3. The molecule has 0 saturated heterocycles. The first kappa shape index (κ1) is 20.5. The molecule has 0 radical (unpaired) electrons. The van der Waals surface area contributed by atoms with Crippen LogP contribution in [0.2, 0.25) is 5.02 Å². The highest BCUT2D eigenvalue weighted by Gasteiger charge is 2.34. The quantitative estimate of drug-likeness (QED) is 0.554. The molecule has 1 N–H and O–H groups in total. The molecule has 1 aliphatic rings. The summed E-state index contributed by atoms with van der Waals surface area (Å²) >= 11 is 5.90. The third-order valence-corrected chi connectivity index (χ3v) is 4.71. The number of benzene rings is 2. The van der Waals surface area contributed by atoms with E-state index in [2.05, 4.69) is 5.32 Å². The van der Waals surface area contributed by atoms with Crippen molar-refractivity contribution in [2.24, 2.45) is 0 Å². The van der Waals surface area contributed by atoms with E-state index in [9.17, 15) is 19.2 Å². The van der Waals surface area contributed by atoms with Crippen LogP contribution in [-0.4, -0.2) is 41.7 Å². The minimum Gasteiger partial charge on any atom is -0.456 e. The van der Waals surface area contributed by atoms with Crippen molar-refractivity contribution in [1.29, 1.82) is 0 Å². The summed E-state index contributed by atoms with van der Waals surface area (Å²) < 4.78 is 4.95. The molecule has 0 spiro atoms. The van der Waals surface area contributed by atoms with Gasteiger partial charge in [-0.05, 0) is 43.2 Å². The molecule has 3 amide bonds. The number of carbonyl (C=O) groups is 4. The molecule has 1 aliphatic heterocycles. The minimum absolute atomic E-state index is 0.0170. The maximum absolute atomic E-state index is 12.2. The Bertz CT molecular complexity index is 954. The Hall–Kier alpha value is -3.19. The molecule has 0 unspecified atom stereocenters. The highest BCUT2D eigenvalue weighted by atomic mass is 35.5. The second-order valence-corrected chi connectivity index (χ2v) is 7.02. The maximum Gasteiger partial charge on any atom is 0.306 e. The summed E-state index contributed by atoms with van der Waals surface area (Å²) in [6, 6.07) is 11.7. The number of nitrogens with zero attached hydrogens (tertiary/aromatic N) is 1. The molecular formula is C21H19ClN2O5. The van der Waals surface area contributed by atoms with E-state index in [1.165, 1.54) is 0 Å². The van der Waals surface area contributed by atoms with E-state index in [-0.39, 0.29) is 31.2 Å². The molecule has 0 saturated carbocycles. The number of esters is 1. The topological polar surface area (TPSA) is 92.8 Å². The molecule has 0 fully saturated rings. The molecule has 8 heteroatoms. The van der Waals surface area contributed by atoms with Crippen LogP contribution >= 0.6 is 11.6 Å². The summed E-state index contributed by atoms with van der Waals surface area (Å²) in [4.78, 5) is 49.4. The number of fused-ring (bicyclic) bond motifs is 1. The summed E-state index contributed by atoms with van der Waals surface area (Å²) in [5, 5.41) is 3.11. The number of anilines is 1. The summed E-state index contributed by atoms with van der Waals surface area (Å²) in [7, 11) is 0. The summed E-state index contributed by atoms with van der Waals surface area (Å²) in [5.74, 6) is -1.80. The van der Waals surface area contributed by atoms with Crippen LogP contribution in [0.25, 0.3) is 0 Å². The van der Waals surface area contributed by atoms with E-state index in [4.69, 9.17) is 16.3 Å². The summed E-state index contributed by atoms with van der Waals surface area (Å²) in [5.41, 5.74) is 2.11. The average molecular weight is 415 g/mol. The number of hydrogen-bond donors (Lipinski definition) is 1. The molecule has 1 heterocycles. The van der Waals surface area contributed by atoms with E-state index in [1.807, 2.05) is 6.92 Å². The number of carbonyl (C=O) groups excluding carboxylic acids is 4. The fraction of sp³-hybridized carbons (Fsp3) is 0.238. The lowest BCUT2D eigenvalue weighted by atomic mass is 10.1. The molecule has 3 rings (SSSR count). The molecular weight excluding hydrogens is 396 g/mol. The molecule has 7 nitrogen and oxygen atoms in total. The van der Waals surface area contributed by atoms with Gasteiger partial charge in [-0.3, -0.25) is 24.1 Å². The highest BCUT2D eigenvalue weighted by molar-refractivity contribution is 6.31. The Morgan fingerprint density at radius 1 is 1.07 bits per heavy atom. The van der Waals surface area contributed by atoms with E-state index in [0.29, 0.717) is 21.8 Å². The van der Waals surface area contributed by atoms with Gasteiger partial charge in [-0.25, -0.2) is 0 Å². The number of hydrogen-bond acceptors (Lipinski definition) is 5. The lowest BCUT2D eigenvalue weighted by molar-refractivity contribution is -0.147. The predicted octanol–water partition coefficient (Wildman–Crippen LogP) is 3.21. The number of halogens is 1. The molecule has 0 aliphatic carbocycles. The van der Waals surface area contributed by atoms with E-state index < -0.39 is 18.5 Å². The second kappa shape index (κ2) is 8.87. The fourth-order valence-corrected chi connectivity index (χ4v) is 3.13. The Kier molecular flexibility index (Phi) is 6.29. The number of ether oxygens (including phenoxy) is 1. The molecule has 29 heavy (non-hydrogen) atoms. The van der Waals surface area contributed by atoms with Crippen LogP contribution in [0.4, 0.5) is 5.69 Å². The first-order chi connectivity index (χ1) is 13.9. The summed E-state index contributed by atoms with van der Waals surface area (Å²) in [6.45, 7) is 1.49. The Morgan fingerprint density at radius 3 is 2.38 bits per heavy atom. The van der Waals surface area contributed by atoms with Crippen molar-refractivity contribution < 1.29 is 23.9 Å². The lowest BCUT2D eigenvalue weighted by Gasteiger charge is -2.13. The molecule has 2 aromatic rings. The number of aryl methyl sites for hydroxylation is 1.